The molecule has 0 aliphatic heterocycles. The van der Waals surface area contributed by atoms with Crippen molar-refractivity contribution in [2.24, 2.45) is 5.92 Å². The summed E-state index contributed by atoms with van der Waals surface area (Å²) < 4.78 is 2.16. The Morgan fingerprint density at radius 2 is 2.00 bits per heavy atom. The summed E-state index contributed by atoms with van der Waals surface area (Å²) in [5, 5.41) is 9.63. The van der Waals surface area contributed by atoms with Crippen LogP contribution in [0.15, 0.2) is 42.7 Å². The van der Waals surface area contributed by atoms with Gasteiger partial charge in [-0.1, -0.05) is 23.7 Å². The largest absolute Gasteiger partial charge is 0.345 e. The summed E-state index contributed by atoms with van der Waals surface area (Å²) in [6, 6.07) is 10.3. The molecule has 1 aromatic carbocycles. The van der Waals surface area contributed by atoms with Gasteiger partial charge >= 0.3 is 0 Å². The number of nitrogens with zero attached hydrogens (tertiary/aromatic N) is 4. The summed E-state index contributed by atoms with van der Waals surface area (Å²) in [6.07, 6.45) is 8.34. The fraction of sp³-hybridized carbons (Fsp3) is 0.316. The lowest BCUT2D eigenvalue weighted by Gasteiger charge is -2.11. The van der Waals surface area contributed by atoms with Gasteiger partial charge in [-0.25, -0.2) is 4.98 Å². The van der Waals surface area contributed by atoms with E-state index in [9.17, 15) is 0 Å². The summed E-state index contributed by atoms with van der Waals surface area (Å²) in [6.45, 7) is 0. The second-order valence-electron chi connectivity index (χ2n) is 6.93. The first kappa shape index (κ1) is 14.9. The number of rotatable bonds is 3. The molecule has 0 radical (unpaired) electrons. The summed E-state index contributed by atoms with van der Waals surface area (Å²) in [5.41, 5.74) is 4.12. The van der Waals surface area contributed by atoms with E-state index in [1.54, 1.807) is 6.20 Å². The maximum Gasteiger partial charge on any atom is 0.179 e. The third kappa shape index (κ3) is 2.59. The molecule has 1 saturated carbocycles. The van der Waals surface area contributed by atoms with E-state index in [1.165, 1.54) is 12.0 Å². The van der Waals surface area contributed by atoms with Crippen LogP contribution in [0, 0.1) is 5.92 Å². The number of aromatic nitrogens is 5. The number of benzene rings is 1. The van der Waals surface area contributed by atoms with E-state index in [4.69, 9.17) is 11.6 Å². The van der Waals surface area contributed by atoms with Gasteiger partial charge in [-0.15, -0.1) is 10.2 Å². The van der Waals surface area contributed by atoms with Gasteiger partial charge in [0.1, 0.15) is 5.82 Å². The predicted octanol–water partition coefficient (Wildman–Crippen LogP) is 4.39. The molecule has 126 valence electrons. The van der Waals surface area contributed by atoms with Gasteiger partial charge < -0.3 is 4.98 Å². The van der Waals surface area contributed by atoms with Gasteiger partial charge in [0, 0.05) is 17.1 Å². The molecule has 0 saturated heterocycles. The number of halogens is 1. The molecule has 5 nitrogen and oxygen atoms in total. The normalized spacial score (nSPS) is 20.7. The maximum atomic E-state index is 5.99. The van der Waals surface area contributed by atoms with Crippen molar-refractivity contribution in [3.8, 4) is 0 Å². The zero-order chi connectivity index (χ0) is 16.8. The van der Waals surface area contributed by atoms with Crippen LogP contribution in [0.25, 0.3) is 16.8 Å². The summed E-state index contributed by atoms with van der Waals surface area (Å²) in [4.78, 5) is 7.56. The average Bonchev–Trinajstić information content (AvgIpc) is 3.34. The van der Waals surface area contributed by atoms with Gasteiger partial charge in [0.25, 0.3) is 0 Å². The van der Waals surface area contributed by atoms with Crippen molar-refractivity contribution >= 4 is 28.4 Å². The van der Waals surface area contributed by atoms with Crippen LogP contribution in [-0.2, 0) is 6.42 Å². The quantitative estimate of drug-likeness (QED) is 0.595. The van der Waals surface area contributed by atoms with Crippen LogP contribution in [0.1, 0.15) is 36.6 Å². The number of hydrogen-bond acceptors (Lipinski definition) is 3. The smallest absolute Gasteiger partial charge is 0.179 e. The van der Waals surface area contributed by atoms with E-state index in [0.717, 1.165) is 46.9 Å². The van der Waals surface area contributed by atoms with Crippen molar-refractivity contribution < 1.29 is 0 Å². The van der Waals surface area contributed by atoms with E-state index in [0.29, 0.717) is 11.8 Å². The summed E-state index contributed by atoms with van der Waals surface area (Å²) in [5.74, 6) is 2.20. The van der Waals surface area contributed by atoms with E-state index in [-0.39, 0.29) is 0 Å². The minimum absolute atomic E-state index is 0.452. The highest BCUT2D eigenvalue weighted by Gasteiger charge is 2.29. The molecule has 4 aromatic rings. The lowest BCUT2D eigenvalue weighted by atomic mass is 9.96. The minimum atomic E-state index is 0.452. The SMILES string of the molecule is Clc1ccc(C[C@@H]2CC[C@@H](c3nnc4cnc5[nH]ccc5n34)C2)cc1. The first-order valence-electron chi connectivity index (χ1n) is 8.69. The van der Waals surface area contributed by atoms with Crippen molar-refractivity contribution in [1.82, 2.24) is 24.6 Å². The standard InChI is InChI=1S/C19H18ClN5/c20-15-5-2-12(3-6-15)9-13-1-4-14(10-13)19-24-23-17-11-22-18-16(25(17)19)7-8-21-18/h2-3,5-8,11,13-14,21H,1,4,9-10H2/t13-,14+/m0/s1. The van der Waals surface area contributed by atoms with E-state index in [2.05, 4.69) is 36.7 Å². The Balaban J connectivity index is 1.42. The highest BCUT2D eigenvalue weighted by molar-refractivity contribution is 6.30. The third-order valence-corrected chi connectivity index (χ3v) is 5.56. The van der Waals surface area contributed by atoms with Crippen LogP contribution in [0.4, 0.5) is 0 Å². The lowest BCUT2D eigenvalue weighted by Crippen LogP contribution is -2.04. The second kappa shape index (κ2) is 5.85. The number of hydrogen-bond donors (Lipinski definition) is 1. The molecule has 0 unspecified atom stereocenters. The maximum absolute atomic E-state index is 5.99. The molecule has 6 heteroatoms. The first-order chi connectivity index (χ1) is 12.3. The molecule has 25 heavy (non-hydrogen) atoms. The third-order valence-electron chi connectivity index (χ3n) is 5.31. The van der Waals surface area contributed by atoms with Crippen LogP contribution in [0.3, 0.4) is 0 Å². The zero-order valence-corrected chi connectivity index (χ0v) is 14.4. The number of H-pyrrole nitrogens is 1. The molecule has 2 atom stereocenters. The van der Waals surface area contributed by atoms with E-state index >= 15 is 0 Å². The van der Waals surface area contributed by atoms with Gasteiger partial charge in [-0.05, 0) is 55.4 Å². The first-order valence-corrected chi connectivity index (χ1v) is 9.07. The van der Waals surface area contributed by atoms with Crippen molar-refractivity contribution in [1.29, 1.82) is 0 Å². The fourth-order valence-electron chi connectivity index (χ4n) is 4.11. The van der Waals surface area contributed by atoms with Crippen molar-refractivity contribution in [3.63, 3.8) is 0 Å². The monoisotopic (exact) mass is 351 g/mol. The van der Waals surface area contributed by atoms with Gasteiger partial charge in [0.05, 0.1) is 11.7 Å². The van der Waals surface area contributed by atoms with Crippen LogP contribution in [0.2, 0.25) is 5.02 Å². The summed E-state index contributed by atoms with van der Waals surface area (Å²) >= 11 is 5.99. The van der Waals surface area contributed by atoms with Crippen molar-refractivity contribution in [2.45, 2.75) is 31.6 Å². The highest BCUT2D eigenvalue weighted by atomic mass is 35.5. The molecule has 0 amide bonds. The second-order valence-corrected chi connectivity index (χ2v) is 7.36. The lowest BCUT2D eigenvalue weighted by molar-refractivity contribution is 0.530. The zero-order valence-electron chi connectivity index (χ0n) is 13.7. The number of nitrogens with one attached hydrogen (secondary N) is 1. The fourth-order valence-corrected chi connectivity index (χ4v) is 4.24. The molecule has 3 aromatic heterocycles. The topological polar surface area (TPSA) is 58.9 Å². The molecule has 1 fully saturated rings. The average molecular weight is 352 g/mol. The van der Waals surface area contributed by atoms with Crippen LogP contribution in [-0.4, -0.2) is 24.6 Å². The van der Waals surface area contributed by atoms with E-state index in [1.807, 2.05) is 24.4 Å². The van der Waals surface area contributed by atoms with Crippen LogP contribution in [0.5, 0.6) is 0 Å². The Kier molecular flexibility index (Phi) is 3.48. The predicted molar refractivity (Wildman–Crippen MR) is 97.9 cm³/mol. The molecule has 0 spiro atoms. The Morgan fingerprint density at radius 3 is 2.88 bits per heavy atom. The van der Waals surface area contributed by atoms with Crippen molar-refractivity contribution in [2.75, 3.05) is 0 Å². The molecular weight excluding hydrogens is 334 g/mol. The Hall–Kier alpha value is -2.40. The molecule has 0 bridgehead atoms. The van der Waals surface area contributed by atoms with Gasteiger partial charge in [-0.3, -0.25) is 4.40 Å². The molecule has 1 aliphatic rings. The van der Waals surface area contributed by atoms with Crippen LogP contribution >= 0.6 is 11.6 Å². The van der Waals surface area contributed by atoms with Crippen molar-refractivity contribution in [3.05, 3.63) is 59.1 Å². The van der Waals surface area contributed by atoms with Gasteiger partial charge in [0.2, 0.25) is 0 Å². The number of fused-ring (bicyclic) bond motifs is 3. The number of aromatic amines is 1. The highest BCUT2D eigenvalue weighted by Crippen LogP contribution is 2.39. The Morgan fingerprint density at radius 1 is 1.12 bits per heavy atom. The van der Waals surface area contributed by atoms with E-state index < -0.39 is 0 Å². The molecule has 5 rings (SSSR count). The molecule has 1 aliphatic carbocycles. The Bertz CT molecular complexity index is 1030. The van der Waals surface area contributed by atoms with Gasteiger partial charge in [0.15, 0.2) is 11.3 Å². The summed E-state index contributed by atoms with van der Waals surface area (Å²) in [7, 11) is 0. The van der Waals surface area contributed by atoms with Gasteiger partial charge in [-0.2, -0.15) is 0 Å². The van der Waals surface area contributed by atoms with Crippen LogP contribution < -0.4 is 0 Å². The molecule has 3 heterocycles. The Labute approximate surface area is 150 Å². The molecular formula is C19H18ClN5. The molecule has 1 N–H and O–H groups in total. The minimum Gasteiger partial charge on any atom is -0.345 e.